The molecule has 0 bridgehead atoms. The summed E-state index contributed by atoms with van der Waals surface area (Å²) >= 11 is 0. The molecule has 1 aliphatic heterocycles. The van der Waals surface area contributed by atoms with E-state index < -0.39 is 5.60 Å². The van der Waals surface area contributed by atoms with E-state index in [1.54, 1.807) is 12.0 Å². The monoisotopic (exact) mass is 411 g/mol. The Bertz CT molecular complexity index is 905. The van der Waals surface area contributed by atoms with Gasteiger partial charge in [-0.25, -0.2) is 9.78 Å². The molecule has 0 saturated carbocycles. The van der Waals surface area contributed by atoms with Crippen LogP contribution in [0.4, 0.5) is 10.6 Å². The van der Waals surface area contributed by atoms with Gasteiger partial charge in [0.15, 0.2) is 0 Å². The maximum absolute atomic E-state index is 12.6. The van der Waals surface area contributed by atoms with Crippen molar-refractivity contribution in [1.29, 1.82) is 0 Å². The summed E-state index contributed by atoms with van der Waals surface area (Å²) in [4.78, 5) is 19.1. The van der Waals surface area contributed by atoms with Gasteiger partial charge in [0.25, 0.3) is 0 Å². The lowest BCUT2D eigenvalue weighted by atomic mass is 9.87. The summed E-state index contributed by atoms with van der Waals surface area (Å²) in [5, 5.41) is 0. The second-order valence-electron chi connectivity index (χ2n) is 8.97. The number of nitrogens with two attached hydrogens (primary N) is 1. The third kappa shape index (κ3) is 5.11. The third-order valence-corrected chi connectivity index (χ3v) is 5.41. The van der Waals surface area contributed by atoms with E-state index >= 15 is 0 Å². The lowest BCUT2D eigenvalue weighted by molar-refractivity contribution is 0.0197. The topological polar surface area (TPSA) is 77.7 Å². The van der Waals surface area contributed by atoms with Crippen molar-refractivity contribution < 1.29 is 14.3 Å². The molecule has 1 aliphatic rings. The van der Waals surface area contributed by atoms with Gasteiger partial charge in [0, 0.05) is 37.2 Å². The average Bonchev–Trinajstić information content (AvgIpc) is 2.68. The van der Waals surface area contributed by atoms with Crippen molar-refractivity contribution in [1.82, 2.24) is 9.88 Å². The summed E-state index contributed by atoms with van der Waals surface area (Å²) in [6.45, 7) is 9.44. The zero-order valence-corrected chi connectivity index (χ0v) is 18.7. The molecule has 1 aromatic heterocycles. The zero-order chi connectivity index (χ0) is 21.9. The van der Waals surface area contributed by atoms with Crippen molar-refractivity contribution in [2.75, 3.05) is 25.9 Å². The van der Waals surface area contributed by atoms with Crippen LogP contribution in [0, 0.1) is 6.92 Å². The molecule has 0 spiro atoms. The first-order valence-corrected chi connectivity index (χ1v) is 10.5. The highest BCUT2D eigenvalue weighted by molar-refractivity contribution is 5.69. The van der Waals surface area contributed by atoms with Gasteiger partial charge in [-0.05, 0) is 57.7 Å². The Hall–Kier alpha value is -2.60. The molecule has 1 saturated heterocycles. The molecule has 162 valence electrons. The fourth-order valence-corrected chi connectivity index (χ4v) is 4.00. The number of anilines is 1. The number of hydrogen-bond acceptors (Lipinski definition) is 5. The van der Waals surface area contributed by atoms with Gasteiger partial charge in [0.05, 0.1) is 12.3 Å². The Morgan fingerprint density at radius 2 is 2.03 bits per heavy atom. The van der Waals surface area contributed by atoms with Crippen molar-refractivity contribution in [2.45, 2.75) is 58.7 Å². The number of carbonyl (C=O) groups excluding carboxylic acids is 1. The molecule has 2 heterocycles. The van der Waals surface area contributed by atoms with Crippen LogP contribution in [0.5, 0.6) is 0 Å². The van der Waals surface area contributed by atoms with Crippen molar-refractivity contribution in [3.05, 3.63) is 47.0 Å². The largest absolute Gasteiger partial charge is 0.444 e. The molecular formula is C24H33N3O3. The molecule has 0 aliphatic carbocycles. The number of likely N-dealkylation sites (tertiary alicyclic amines) is 1. The number of benzene rings is 1. The van der Waals surface area contributed by atoms with Crippen molar-refractivity contribution in [3.63, 3.8) is 0 Å². The standard InChI is InChI=1S/C24H33N3O3/c1-16-9-6-7-11-18(16)21-13-19(20(15-29-5)22(25)26-21)17-10-8-12-27(14-17)23(28)30-24(2,3)4/h6-7,9,11,13,17H,8,10,12,14-15H2,1-5H3,(H2,25,26). The summed E-state index contributed by atoms with van der Waals surface area (Å²) in [7, 11) is 1.66. The number of pyridine rings is 1. The highest BCUT2D eigenvalue weighted by Crippen LogP contribution is 2.35. The van der Waals surface area contributed by atoms with Crippen LogP contribution in [-0.4, -0.2) is 41.8 Å². The Morgan fingerprint density at radius 1 is 1.30 bits per heavy atom. The van der Waals surface area contributed by atoms with Gasteiger partial charge < -0.3 is 20.1 Å². The minimum absolute atomic E-state index is 0.157. The van der Waals surface area contributed by atoms with Crippen molar-refractivity contribution in [2.24, 2.45) is 0 Å². The van der Waals surface area contributed by atoms with E-state index in [0.717, 1.165) is 40.8 Å². The van der Waals surface area contributed by atoms with E-state index in [4.69, 9.17) is 15.2 Å². The molecule has 1 amide bonds. The lowest BCUT2D eigenvalue weighted by Gasteiger charge is -2.35. The zero-order valence-electron chi connectivity index (χ0n) is 18.7. The van der Waals surface area contributed by atoms with E-state index in [9.17, 15) is 4.79 Å². The SMILES string of the molecule is COCc1c(C2CCCN(C(=O)OC(C)(C)C)C2)cc(-c2ccccc2C)nc1N. The molecular weight excluding hydrogens is 378 g/mol. The summed E-state index contributed by atoms with van der Waals surface area (Å²) < 4.78 is 11.0. The molecule has 1 fully saturated rings. The van der Waals surface area contributed by atoms with Crippen LogP contribution >= 0.6 is 0 Å². The second kappa shape index (κ2) is 9.04. The number of aromatic nitrogens is 1. The van der Waals surface area contributed by atoms with Gasteiger partial charge in [-0.2, -0.15) is 0 Å². The molecule has 2 N–H and O–H groups in total. The van der Waals surface area contributed by atoms with E-state index in [0.29, 0.717) is 25.5 Å². The maximum Gasteiger partial charge on any atom is 0.410 e. The van der Waals surface area contributed by atoms with Gasteiger partial charge in [-0.1, -0.05) is 24.3 Å². The molecule has 1 aromatic carbocycles. The molecule has 0 radical (unpaired) electrons. The van der Waals surface area contributed by atoms with Crippen LogP contribution < -0.4 is 5.73 Å². The number of nitrogens with zero attached hydrogens (tertiary/aromatic N) is 2. The predicted molar refractivity (Wildman–Crippen MR) is 119 cm³/mol. The molecule has 2 aromatic rings. The molecule has 3 rings (SSSR count). The van der Waals surface area contributed by atoms with Crippen LogP contribution in [0.25, 0.3) is 11.3 Å². The quantitative estimate of drug-likeness (QED) is 0.774. The Morgan fingerprint density at radius 3 is 2.70 bits per heavy atom. The number of methoxy groups -OCH3 is 1. The number of amides is 1. The summed E-state index contributed by atoms with van der Waals surface area (Å²) in [6, 6.07) is 10.3. The minimum atomic E-state index is -0.510. The first-order chi connectivity index (χ1) is 14.2. The normalized spacial score (nSPS) is 17.1. The maximum atomic E-state index is 12.6. The average molecular weight is 412 g/mol. The third-order valence-electron chi connectivity index (χ3n) is 5.41. The van der Waals surface area contributed by atoms with Gasteiger partial charge >= 0.3 is 6.09 Å². The Balaban J connectivity index is 1.96. The molecule has 30 heavy (non-hydrogen) atoms. The first-order valence-electron chi connectivity index (χ1n) is 10.5. The van der Waals surface area contributed by atoms with Crippen LogP contribution in [-0.2, 0) is 16.1 Å². The van der Waals surface area contributed by atoms with E-state index in [1.807, 2.05) is 32.9 Å². The Kier molecular flexibility index (Phi) is 6.66. The fraction of sp³-hybridized carbons (Fsp3) is 0.500. The lowest BCUT2D eigenvalue weighted by Crippen LogP contribution is -2.42. The highest BCUT2D eigenvalue weighted by Gasteiger charge is 2.30. The summed E-state index contributed by atoms with van der Waals surface area (Å²) in [5.41, 5.74) is 11.0. The number of rotatable bonds is 4. The number of piperidine rings is 1. The smallest absolute Gasteiger partial charge is 0.410 e. The van der Waals surface area contributed by atoms with Crippen molar-refractivity contribution >= 4 is 11.9 Å². The fourth-order valence-electron chi connectivity index (χ4n) is 4.00. The molecule has 1 unspecified atom stereocenters. The number of hydrogen-bond donors (Lipinski definition) is 1. The van der Waals surface area contributed by atoms with Crippen molar-refractivity contribution in [3.8, 4) is 11.3 Å². The first kappa shape index (κ1) is 22.1. The van der Waals surface area contributed by atoms with E-state index in [2.05, 4.69) is 30.1 Å². The summed E-state index contributed by atoms with van der Waals surface area (Å²) in [5.74, 6) is 0.645. The molecule has 1 atom stereocenters. The molecule has 6 heteroatoms. The van der Waals surface area contributed by atoms with Gasteiger partial charge in [0.1, 0.15) is 11.4 Å². The number of nitrogen functional groups attached to an aromatic ring is 1. The Labute approximate surface area is 179 Å². The van der Waals surface area contributed by atoms with Gasteiger partial charge in [-0.15, -0.1) is 0 Å². The number of carbonyl (C=O) groups is 1. The second-order valence-corrected chi connectivity index (χ2v) is 8.97. The van der Waals surface area contributed by atoms with Gasteiger partial charge in [0.2, 0.25) is 0 Å². The predicted octanol–water partition coefficient (Wildman–Crippen LogP) is 4.90. The summed E-state index contributed by atoms with van der Waals surface area (Å²) in [6.07, 6.45) is 1.63. The van der Waals surface area contributed by atoms with E-state index in [1.165, 1.54) is 0 Å². The van der Waals surface area contributed by atoms with Crippen LogP contribution in [0.2, 0.25) is 0 Å². The highest BCUT2D eigenvalue weighted by atomic mass is 16.6. The number of aryl methyl sites for hydroxylation is 1. The van der Waals surface area contributed by atoms with Crippen LogP contribution in [0.15, 0.2) is 30.3 Å². The van der Waals surface area contributed by atoms with E-state index in [-0.39, 0.29) is 12.0 Å². The van der Waals surface area contributed by atoms with Gasteiger partial charge in [-0.3, -0.25) is 0 Å². The molecule has 6 nitrogen and oxygen atoms in total. The van der Waals surface area contributed by atoms with Crippen LogP contribution in [0.1, 0.15) is 56.2 Å². The number of ether oxygens (including phenoxy) is 2. The minimum Gasteiger partial charge on any atom is -0.444 e. The van der Waals surface area contributed by atoms with Crippen LogP contribution in [0.3, 0.4) is 0 Å².